The third kappa shape index (κ3) is 6.22. The second-order valence-electron chi connectivity index (χ2n) is 4.83. The van der Waals surface area contributed by atoms with Gasteiger partial charge in [0.1, 0.15) is 6.04 Å². The largest absolute Gasteiger partial charge is 0.344 e. The number of carbonyl (C=O) groups excluding carboxylic acids is 3. The first kappa shape index (κ1) is 16.4. The van der Waals surface area contributed by atoms with Crippen LogP contribution < -0.4 is 16.0 Å². The molecule has 0 radical (unpaired) electrons. The maximum atomic E-state index is 11.8. The van der Waals surface area contributed by atoms with Crippen LogP contribution in [0.3, 0.4) is 0 Å². The molecule has 0 aromatic rings. The van der Waals surface area contributed by atoms with Crippen molar-refractivity contribution in [1.29, 1.82) is 0 Å². The summed E-state index contributed by atoms with van der Waals surface area (Å²) in [4.78, 5) is 34.2. The lowest BCUT2D eigenvalue weighted by Crippen LogP contribution is -2.49. The molecule has 0 unspecified atom stereocenters. The molecule has 0 heterocycles. The summed E-state index contributed by atoms with van der Waals surface area (Å²) in [6.07, 6.45) is 0.760. The van der Waals surface area contributed by atoms with E-state index < -0.39 is 18.0 Å². The average Bonchev–Trinajstić information content (AvgIpc) is 2.27. The summed E-state index contributed by atoms with van der Waals surface area (Å²) in [6.45, 7) is 7.42. The summed E-state index contributed by atoms with van der Waals surface area (Å²) in [6, 6.07) is -1.32. The van der Waals surface area contributed by atoms with Gasteiger partial charge in [-0.2, -0.15) is 0 Å². The highest BCUT2D eigenvalue weighted by Crippen LogP contribution is 2.10. The maximum absolute atomic E-state index is 11.8. The van der Waals surface area contributed by atoms with Gasteiger partial charge in [-0.1, -0.05) is 20.8 Å². The summed E-state index contributed by atoms with van der Waals surface area (Å²) >= 11 is 0. The fourth-order valence-electron chi connectivity index (χ4n) is 1.52. The number of nitrogens with one attached hydrogen (secondary N) is 3. The zero-order chi connectivity index (χ0) is 14.3. The average molecular weight is 257 g/mol. The Morgan fingerprint density at radius 3 is 2.00 bits per heavy atom. The Balaban J connectivity index is 4.22. The van der Waals surface area contributed by atoms with E-state index in [0.717, 1.165) is 6.42 Å². The second kappa shape index (κ2) is 7.68. The number of rotatable bonds is 5. The topological polar surface area (TPSA) is 87.3 Å². The normalized spacial score (nSPS) is 13.7. The van der Waals surface area contributed by atoms with Gasteiger partial charge in [-0.3, -0.25) is 14.9 Å². The highest BCUT2D eigenvalue weighted by atomic mass is 16.2. The molecule has 18 heavy (non-hydrogen) atoms. The molecule has 6 heteroatoms. The third-order valence-corrected chi connectivity index (χ3v) is 2.49. The summed E-state index contributed by atoms with van der Waals surface area (Å²) in [5.74, 6) is -0.441. The van der Waals surface area contributed by atoms with E-state index in [9.17, 15) is 14.4 Å². The summed E-state index contributed by atoms with van der Waals surface area (Å²) in [5.41, 5.74) is 0. The lowest BCUT2D eigenvalue weighted by atomic mass is 9.98. The number of hydrogen-bond donors (Lipinski definition) is 3. The minimum atomic E-state index is -0.732. The minimum Gasteiger partial charge on any atom is -0.344 e. The van der Waals surface area contributed by atoms with E-state index in [1.807, 2.05) is 20.8 Å². The first-order chi connectivity index (χ1) is 8.27. The fourth-order valence-corrected chi connectivity index (χ4v) is 1.52. The van der Waals surface area contributed by atoms with Crippen LogP contribution in [0.1, 0.15) is 34.1 Å². The molecule has 0 bridgehead atoms. The molecule has 0 aromatic carbocycles. The molecule has 104 valence electrons. The van der Waals surface area contributed by atoms with Crippen molar-refractivity contribution in [2.24, 2.45) is 11.8 Å². The van der Waals surface area contributed by atoms with Gasteiger partial charge in [-0.05, 0) is 19.3 Å². The van der Waals surface area contributed by atoms with Crippen molar-refractivity contribution in [2.75, 3.05) is 7.05 Å². The van der Waals surface area contributed by atoms with Gasteiger partial charge >= 0.3 is 6.03 Å². The van der Waals surface area contributed by atoms with Crippen molar-refractivity contribution in [1.82, 2.24) is 16.0 Å². The zero-order valence-corrected chi connectivity index (χ0v) is 11.7. The number of hydrogen-bond acceptors (Lipinski definition) is 3. The van der Waals surface area contributed by atoms with E-state index in [1.165, 1.54) is 14.0 Å². The Morgan fingerprint density at radius 1 is 1.00 bits per heavy atom. The molecule has 0 aliphatic rings. The SMILES string of the molecule is CNC(=O)NC(=O)[C@@H](C)NC(=O)[C@@H](C)CC(C)C. The van der Waals surface area contributed by atoms with Crippen LogP contribution in [0.5, 0.6) is 0 Å². The monoisotopic (exact) mass is 257 g/mol. The van der Waals surface area contributed by atoms with Gasteiger partial charge in [0, 0.05) is 13.0 Å². The minimum absolute atomic E-state index is 0.153. The molecule has 0 saturated carbocycles. The summed E-state index contributed by atoms with van der Waals surface area (Å²) < 4.78 is 0. The van der Waals surface area contributed by atoms with Crippen molar-refractivity contribution < 1.29 is 14.4 Å². The van der Waals surface area contributed by atoms with Gasteiger partial charge in [0.05, 0.1) is 0 Å². The van der Waals surface area contributed by atoms with Crippen molar-refractivity contribution in [3.8, 4) is 0 Å². The predicted octanol–water partition coefficient (Wildman–Crippen LogP) is 0.629. The smallest absolute Gasteiger partial charge is 0.321 e. The van der Waals surface area contributed by atoms with Crippen LogP contribution in [-0.2, 0) is 9.59 Å². The first-order valence-electron chi connectivity index (χ1n) is 6.10. The third-order valence-electron chi connectivity index (χ3n) is 2.49. The summed E-state index contributed by atoms with van der Waals surface area (Å²) in [7, 11) is 1.41. The standard InChI is InChI=1S/C12H23N3O3/c1-7(2)6-8(3)10(16)14-9(4)11(17)15-12(18)13-5/h7-9H,6H2,1-5H3,(H,14,16)(H2,13,15,17,18)/t8-,9+/m0/s1. The van der Waals surface area contributed by atoms with Crippen LogP contribution in [0.4, 0.5) is 4.79 Å². The van der Waals surface area contributed by atoms with Gasteiger partial charge in [0.15, 0.2) is 0 Å². The van der Waals surface area contributed by atoms with Gasteiger partial charge in [-0.25, -0.2) is 4.79 Å². The Bertz CT molecular complexity index is 316. The van der Waals surface area contributed by atoms with Crippen LogP contribution in [0, 0.1) is 11.8 Å². The quantitative estimate of drug-likeness (QED) is 0.675. The van der Waals surface area contributed by atoms with Gasteiger partial charge in [0.2, 0.25) is 11.8 Å². The van der Waals surface area contributed by atoms with Crippen LogP contribution >= 0.6 is 0 Å². The number of imide groups is 1. The number of urea groups is 1. The van der Waals surface area contributed by atoms with Crippen LogP contribution in [0.25, 0.3) is 0 Å². The molecule has 4 amide bonds. The lowest BCUT2D eigenvalue weighted by molar-refractivity contribution is -0.130. The highest BCUT2D eigenvalue weighted by Gasteiger charge is 2.21. The molecule has 0 saturated heterocycles. The van der Waals surface area contributed by atoms with E-state index in [1.54, 1.807) is 0 Å². The molecule has 6 nitrogen and oxygen atoms in total. The molecule has 0 rings (SSSR count). The predicted molar refractivity (Wildman–Crippen MR) is 68.8 cm³/mol. The van der Waals surface area contributed by atoms with Crippen molar-refractivity contribution in [2.45, 2.75) is 40.2 Å². The molecule has 3 N–H and O–H groups in total. The van der Waals surface area contributed by atoms with E-state index in [0.29, 0.717) is 5.92 Å². The number of carbonyl (C=O) groups is 3. The Morgan fingerprint density at radius 2 is 1.56 bits per heavy atom. The van der Waals surface area contributed by atoms with E-state index in [4.69, 9.17) is 0 Å². The molecule has 0 aliphatic heterocycles. The van der Waals surface area contributed by atoms with Gasteiger partial charge in [0.25, 0.3) is 0 Å². The maximum Gasteiger partial charge on any atom is 0.321 e. The second-order valence-corrected chi connectivity index (χ2v) is 4.83. The molecule has 0 aliphatic carbocycles. The Kier molecular flexibility index (Phi) is 7.00. The molecule has 2 atom stereocenters. The van der Waals surface area contributed by atoms with Gasteiger partial charge in [-0.15, -0.1) is 0 Å². The lowest BCUT2D eigenvalue weighted by Gasteiger charge is -2.18. The Labute approximate surface area is 108 Å². The first-order valence-corrected chi connectivity index (χ1v) is 6.10. The highest BCUT2D eigenvalue weighted by molar-refractivity contribution is 5.98. The van der Waals surface area contributed by atoms with Crippen molar-refractivity contribution >= 4 is 17.8 Å². The zero-order valence-electron chi connectivity index (χ0n) is 11.7. The van der Waals surface area contributed by atoms with E-state index >= 15 is 0 Å². The van der Waals surface area contributed by atoms with Crippen LogP contribution in [-0.4, -0.2) is 30.9 Å². The van der Waals surface area contributed by atoms with E-state index in [2.05, 4.69) is 16.0 Å². The van der Waals surface area contributed by atoms with Crippen molar-refractivity contribution in [3.05, 3.63) is 0 Å². The molecular weight excluding hydrogens is 234 g/mol. The van der Waals surface area contributed by atoms with Gasteiger partial charge < -0.3 is 10.6 Å². The Hall–Kier alpha value is -1.59. The molecule has 0 spiro atoms. The van der Waals surface area contributed by atoms with E-state index in [-0.39, 0.29) is 11.8 Å². The fraction of sp³-hybridized carbons (Fsp3) is 0.750. The number of amides is 4. The van der Waals surface area contributed by atoms with Crippen LogP contribution in [0.15, 0.2) is 0 Å². The molecular formula is C12H23N3O3. The summed E-state index contributed by atoms with van der Waals surface area (Å²) in [5, 5.41) is 6.96. The van der Waals surface area contributed by atoms with Crippen LogP contribution in [0.2, 0.25) is 0 Å². The molecule has 0 aromatic heterocycles. The van der Waals surface area contributed by atoms with Crippen molar-refractivity contribution in [3.63, 3.8) is 0 Å². The molecule has 0 fully saturated rings.